The highest BCUT2D eigenvalue weighted by Crippen LogP contribution is 2.38. The lowest BCUT2D eigenvalue weighted by Gasteiger charge is -2.37. The summed E-state index contributed by atoms with van der Waals surface area (Å²) in [4.78, 5) is 11.4. The van der Waals surface area contributed by atoms with Crippen LogP contribution in [0, 0.1) is 11.3 Å². The van der Waals surface area contributed by atoms with E-state index in [-0.39, 0.29) is 16.0 Å². The number of aromatic amines is 1. The zero-order chi connectivity index (χ0) is 13.9. The topological polar surface area (TPSA) is 57.8 Å². The second-order valence-electron chi connectivity index (χ2n) is 6.10. The first-order chi connectivity index (χ1) is 9.00. The maximum Gasteiger partial charge on any atom is 0.285 e. The zero-order valence-electron chi connectivity index (χ0n) is 11.6. The number of nitrogens with one attached hydrogen (secondary N) is 2. The van der Waals surface area contributed by atoms with Crippen molar-refractivity contribution in [3.8, 4) is 0 Å². The van der Waals surface area contributed by atoms with Crippen LogP contribution < -0.4 is 10.9 Å². The fraction of sp³-hybridized carbons (Fsp3) is 0.714. The Morgan fingerprint density at radius 2 is 2.11 bits per heavy atom. The van der Waals surface area contributed by atoms with E-state index in [4.69, 9.17) is 11.6 Å². The van der Waals surface area contributed by atoms with Gasteiger partial charge in [0.2, 0.25) is 0 Å². The first-order valence-electron chi connectivity index (χ1n) is 6.98. The fourth-order valence-electron chi connectivity index (χ4n) is 2.86. The van der Waals surface area contributed by atoms with E-state index in [9.17, 15) is 4.79 Å². The molecule has 0 amide bonds. The van der Waals surface area contributed by atoms with Gasteiger partial charge in [0.1, 0.15) is 5.02 Å². The van der Waals surface area contributed by atoms with Gasteiger partial charge in [-0.15, -0.1) is 0 Å². The molecule has 1 aliphatic carbocycles. The summed E-state index contributed by atoms with van der Waals surface area (Å²) in [6, 6.07) is 0. The Bertz CT molecular complexity index is 478. The number of halogens is 1. The number of H-pyrrole nitrogens is 1. The van der Waals surface area contributed by atoms with Gasteiger partial charge in [0.05, 0.1) is 11.9 Å². The highest BCUT2D eigenvalue weighted by Gasteiger charge is 2.30. The Morgan fingerprint density at radius 1 is 1.42 bits per heavy atom. The van der Waals surface area contributed by atoms with Gasteiger partial charge in [0.25, 0.3) is 5.56 Å². The smallest absolute Gasteiger partial charge is 0.285 e. The lowest BCUT2D eigenvalue weighted by Crippen LogP contribution is -2.33. The van der Waals surface area contributed by atoms with Gasteiger partial charge in [-0.3, -0.25) is 4.79 Å². The van der Waals surface area contributed by atoms with Crippen molar-refractivity contribution < 1.29 is 0 Å². The molecule has 1 aliphatic rings. The molecule has 106 valence electrons. The summed E-state index contributed by atoms with van der Waals surface area (Å²) in [7, 11) is 0. The molecule has 0 radical (unpaired) electrons. The molecule has 1 saturated carbocycles. The van der Waals surface area contributed by atoms with E-state index in [1.54, 1.807) is 6.20 Å². The quantitative estimate of drug-likeness (QED) is 0.890. The Hall–Kier alpha value is -1.03. The molecule has 2 N–H and O–H groups in total. The van der Waals surface area contributed by atoms with Crippen LogP contribution in [0.5, 0.6) is 0 Å². The summed E-state index contributed by atoms with van der Waals surface area (Å²) in [6.45, 7) is 5.37. The molecule has 19 heavy (non-hydrogen) atoms. The third-order valence-corrected chi connectivity index (χ3v) is 4.62. The van der Waals surface area contributed by atoms with Crippen molar-refractivity contribution in [1.29, 1.82) is 0 Å². The van der Waals surface area contributed by atoms with Crippen LogP contribution in [0.25, 0.3) is 0 Å². The number of anilines is 1. The lowest BCUT2D eigenvalue weighted by molar-refractivity contribution is 0.172. The molecule has 1 aromatic heterocycles. The third-order valence-electron chi connectivity index (χ3n) is 4.24. The molecule has 1 fully saturated rings. The molecule has 1 aromatic rings. The van der Waals surface area contributed by atoms with E-state index < -0.39 is 0 Å². The van der Waals surface area contributed by atoms with Crippen LogP contribution in [-0.2, 0) is 0 Å². The third kappa shape index (κ3) is 3.50. The van der Waals surface area contributed by atoms with Crippen LogP contribution in [0.3, 0.4) is 0 Å². The molecular formula is C14H22ClN3O. The molecule has 2 rings (SSSR count). The largest absolute Gasteiger partial charge is 0.382 e. The molecule has 0 aromatic carbocycles. The van der Waals surface area contributed by atoms with Crippen molar-refractivity contribution in [3.05, 3.63) is 21.6 Å². The van der Waals surface area contributed by atoms with Crippen molar-refractivity contribution in [2.75, 3.05) is 11.9 Å². The first-order valence-corrected chi connectivity index (χ1v) is 7.35. The zero-order valence-corrected chi connectivity index (χ0v) is 12.4. The van der Waals surface area contributed by atoms with Crippen molar-refractivity contribution in [2.45, 2.75) is 46.0 Å². The van der Waals surface area contributed by atoms with Gasteiger partial charge < -0.3 is 5.32 Å². The van der Waals surface area contributed by atoms with Crippen LogP contribution in [0.1, 0.15) is 46.0 Å². The van der Waals surface area contributed by atoms with Gasteiger partial charge in [-0.25, -0.2) is 5.10 Å². The van der Waals surface area contributed by atoms with Crippen molar-refractivity contribution in [3.63, 3.8) is 0 Å². The highest BCUT2D eigenvalue weighted by atomic mass is 35.5. The fourth-order valence-corrected chi connectivity index (χ4v) is 3.02. The van der Waals surface area contributed by atoms with Crippen LogP contribution in [0.15, 0.2) is 11.0 Å². The van der Waals surface area contributed by atoms with Gasteiger partial charge >= 0.3 is 0 Å². The summed E-state index contributed by atoms with van der Waals surface area (Å²) in [5.74, 6) is 0.738. The van der Waals surface area contributed by atoms with Gasteiger partial charge in [-0.05, 0) is 24.2 Å². The Labute approximate surface area is 118 Å². The summed E-state index contributed by atoms with van der Waals surface area (Å²) in [5.41, 5.74) is 0.475. The Morgan fingerprint density at radius 3 is 2.79 bits per heavy atom. The predicted octanol–water partition coefficient (Wildman–Crippen LogP) is 3.44. The van der Waals surface area contributed by atoms with E-state index in [1.165, 1.54) is 32.1 Å². The summed E-state index contributed by atoms with van der Waals surface area (Å²) < 4.78 is 0. The van der Waals surface area contributed by atoms with E-state index in [0.717, 1.165) is 12.5 Å². The lowest BCUT2D eigenvalue weighted by atomic mass is 9.71. The Balaban J connectivity index is 2.00. The van der Waals surface area contributed by atoms with Crippen molar-refractivity contribution in [2.24, 2.45) is 11.3 Å². The maximum atomic E-state index is 11.4. The van der Waals surface area contributed by atoms with Crippen molar-refractivity contribution >= 4 is 17.3 Å². The number of rotatable bonds is 4. The summed E-state index contributed by atoms with van der Waals surface area (Å²) >= 11 is 5.96. The van der Waals surface area contributed by atoms with Gasteiger partial charge in [0.15, 0.2) is 0 Å². The SMILES string of the molecule is CC(C)(CNc1cn[nH]c(=O)c1Cl)C1CCCCC1. The summed E-state index contributed by atoms with van der Waals surface area (Å²) in [6.07, 6.45) is 8.21. The minimum Gasteiger partial charge on any atom is -0.382 e. The Kier molecular flexibility index (Phi) is 4.50. The normalized spacial score (nSPS) is 17.4. The number of hydrogen-bond acceptors (Lipinski definition) is 3. The molecule has 0 aliphatic heterocycles. The average molecular weight is 284 g/mol. The molecule has 0 spiro atoms. The minimum atomic E-state index is -0.345. The standard InChI is InChI=1S/C14H22ClN3O/c1-14(2,10-6-4-3-5-7-10)9-16-11-8-17-18-13(19)12(11)15/h8,10H,3-7,9H2,1-2H3,(H2,16,18,19). The maximum absolute atomic E-state index is 11.4. The summed E-state index contributed by atoms with van der Waals surface area (Å²) in [5, 5.41) is 9.56. The second kappa shape index (κ2) is 5.95. The molecule has 0 unspecified atom stereocenters. The average Bonchev–Trinajstić information content (AvgIpc) is 2.41. The number of aromatic nitrogens is 2. The van der Waals surface area contributed by atoms with Crippen LogP contribution in [0.2, 0.25) is 5.02 Å². The van der Waals surface area contributed by atoms with E-state index in [2.05, 4.69) is 29.4 Å². The number of hydrogen-bond donors (Lipinski definition) is 2. The molecule has 4 nitrogen and oxygen atoms in total. The highest BCUT2D eigenvalue weighted by molar-refractivity contribution is 6.32. The number of nitrogens with zero attached hydrogens (tertiary/aromatic N) is 1. The van der Waals surface area contributed by atoms with Gasteiger partial charge in [-0.1, -0.05) is 44.7 Å². The van der Waals surface area contributed by atoms with Gasteiger partial charge in [-0.2, -0.15) is 5.10 Å². The molecule has 0 bridgehead atoms. The van der Waals surface area contributed by atoms with Crippen LogP contribution >= 0.6 is 11.6 Å². The molecule has 0 saturated heterocycles. The predicted molar refractivity (Wildman–Crippen MR) is 78.7 cm³/mol. The molecule has 5 heteroatoms. The van der Waals surface area contributed by atoms with E-state index in [1.807, 2.05) is 0 Å². The van der Waals surface area contributed by atoms with E-state index >= 15 is 0 Å². The first kappa shape index (κ1) is 14.4. The second-order valence-corrected chi connectivity index (χ2v) is 6.48. The minimum absolute atomic E-state index is 0.189. The van der Waals surface area contributed by atoms with Gasteiger partial charge in [0, 0.05) is 6.54 Å². The van der Waals surface area contributed by atoms with E-state index in [0.29, 0.717) is 5.69 Å². The van der Waals surface area contributed by atoms with Crippen LogP contribution in [-0.4, -0.2) is 16.7 Å². The van der Waals surface area contributed by atoms with Crippen LogP contribution in [0.4, 0.5) is 5.69 Å². The monoisotopic (exact) mass is 283 g/mol. The van der Waals surface area contributed by atoms with Crippen molar-refractivity contribution in [1.82, 2.24) is 10.2 Å². The molecular weight excluding hydrogens is 262 g/mol. The molecule has 1 heterocycles. The molecule has 0 atom stereocenters.